The van der Waals surface area contributed by atoms with E-state index in [0.717, 1.165) is 0 Å². The van der Waals surface area contributed by atoms with Crippen LogP contribution in [0.15, 0.2) is 11.6 Å². The zero-order valence-corrected chi connectivity index (χ0v) is 9.41. The molecule has 0 aliphatic rings. The molecular formula is C11H20O3. The lowest BCUT2D eigenvalue weighted by molar-refractivity contribution is -0.132. The standard InChI is InChI=1S/C11H20O3/c1-5-10(11(12)13)6-7-14-9(4)8(2)3/h6,8-9H,5,7H2,1-4H3,(H,12,13). The van der Waals surface area contributed by atoms with E-state index in [1.165, 1.54) is 0 Å². The Morgan fingerprint density at radius 1 is 1.43 bits per heavy atom. The second-order valence-electron chi connectivity index (χ2n) is 3.67. The summed E-state index contributed by atoms with van der Waals surface area (Å²) in [4.78, 5) is 10.6. The van der Waals surface area contributed by atoms with E-state index in [-0.39, 0.29) is 6.10 Å². The van der Waals surface area contributed by atoms with Gasteiger partial charge in [-0.15, -0.1) is 0 Å². The number of aliphatic carboxylic acids is 1. The average molecular weight is 200 g/mol. The van der Waals surface area contributed by atoms with Crippen molar-refractivity contribution < 1.29 is 14.6 Å². The molecule has 0 fully saturated rings. The highest BCUT2D eigenvalue weighted by Gasteiger charge is 2.07. The van der Waals surface area contributed by atoms with E-state index in [0.29, 0.717) is 24.5 Å². The van der Waals surface area contributed by atoms with Crippen molar-refractivity contribution in [1.82, 2.24) is 0 Å². The summed E-state index contributed by atoms with van der Waals surface area (Å²) in [6.07, 6.45) is 2.34. The summed E-state index contributed by atoms with van der Waals surface area (Å²) in [6.45, 7) is 8.35. The molecule has 0 saturated heterocycles. The quantitative estimate of drug-likeness (QED) is 0.670. The molecule has 1 unspecified atom stereocenters. The SMILES string of the molecule is CCC(=CCOC(C)C(C)C)C(=O)O. The molecule has 1 atom stereocenters. The van der Waals surface area contributed by atoms with Crippen molar-refractivity contribution in [3.63, 3.8) is 0 Å². The van der Waals surface area contributed by atoms with Gasteiger partial charge in [-0.1, -0.05) is 20.8 Å². The monoisotopic (exact) mass is 200 g/mol. The zero-order chi connectivity index (χ0) is 11.1. The first kappa shape index (κ1) is 13.2. The molecule has 0 aromatic carbocycles. The van der Waals surface area contributed by atoms with Crippen LogP contribution >= 0.6 is 0 Å². The van der Waals surface area contributed by atoms with Crippen LogP contribution in [0.2, 0.25) is 0 Å². The van der Waals surface area contributed by atoms with Crippen molar-refractivity contribution in [2.75, 3.05) is 6.61 Å². The van der Waals surface area contributed by atoms with E-state index in [4.69, 9.17) is 9.84 Å². The molecule has 3 heteroatoms. The van der Waals surface area contributed by atoms with Gasteiger partial charge in [0.05, 0.1) is 12.7 Å². The molecular weight excluding hydrogens is 180 g/mol. The van der Waals surface area contributed by atoms with Crippen LogP contribution in [0.3, 0.4) is 0 Å². The van der Waals surface area contributed by atoms with Crippen molar-refractivity contribution in [2.45, 2.75) is 40.2 Å². The van der Waals surface area contributed by atoms with Crippen LogP contribution in [0.1, 0.15) is 34.1 Å². The maximum Gasteiger partial charge on any atom is 0.331 e. The molecule has 0 aromatic rings. The van der Waals surface area contributed by atoms with E-state index in [1.54, 1.807) is 6.08 Å². The van der Waals surface area contributed by atoms with Crippen LogP contribution in [0.25, 0.3) is 0 Å². The number of ether oxygens (including phenoxy) is 1. The third kappa shape index (κ3) is 5.02. The summed E-state index contributed by atoms with van der Waals surface area (Å²) in [6, 6.07) is 0. The maximum atomic E-state index is 10.6. The van der Waals surface area contributed by atoms with E-state index in [1.807, 2.05) is 13.8 Å². The first-order valence-corrected chi connectivity index (χ1v) is 5.03. The fourth-order valence-corrected chi connectivity index (χ4v) is 0.876. The molecule has 14 heavy (non-hydrogen) atoms. The van der Waals surface area contributed by atoms with Crippen molar-refractivity contribution in [1.29, 1.82) is 0 Å². The molecule has 0 bridgehead atoms. The first-order chi connectivity index (χ1) is 6.49. The fourth-order valence-electron chi connectivity index (χ4n) is 0.876. The van der Waals surface area contributed by atoms with Gasteiger partial charge in [0.25, 0.3) is 0 Å². The summed E-state index contributed by atoms with van der Waals surface area (Å²) in [5.41, 5.74) is 0.418. The van der Waals surface area contributed by atoms with Gasteiger partial charge in [0.15, 0.2) is 0 Å². The lowest BCUT2D eigenvalue weighted by Gasteiger charge is -2.15. The Labute approximate surface area is 85.8 Å². The Bertz CT molecular complexity index is 207. The minimum atomic E-state index is -0.853. The lowest BCUT2D eigenvalue weighted by atomic mass is 10.1. The number of hydrogen-bond acceptors (Lipinski definition) is 2. The molecule has 0 spiro atoms. The number of carboxylic acid groups (broad SMARTS) is 1. The maximum absolute atomic E-state index is 10.6. The van der Waals surface area contributed by atoms with Crippen LogP contribution < -0.4 is 0 Å². The van der Waals surface area contributed by atoms with Crippen LogP contribution in [0.4, 0.5) is 0 Å². The zero-order valence-electron chi connectivity index (χ0n) is 9.41. The van der Waals surface area contributed by atoms with E-state index in [9.17, 15) is 4.79 Å². The Morgan fingerprint density at radius 3 is 2.36 bits per heavy atom. The highest BCUT2D eigenvalue weighted by atomic mass is 16.5. The molecule has 0 aliphatic carbocycles. The minimum Gasteiger partial charge on any atom is -0.478 e. The number of hydrogen-bond donors (Lipinski definition) is 1. The van der Waals surface area contributed by atoms with Crippen LogP contribution in [0, 0.1) is 5.92 Å². The van der Waals surface area contributed by atoms with Gasteiger partial charge in [-0.05, 0) is 25.3 Å². The summed E-state index contributed by atoms with van der Waals surface area (Å²) in [7, 11) is 0. The Hall–Kier alpha value is -0.830. The molecule has 0 heterocycles. The van der Waals surface area contributed by atoms with Gasteiger partial charge in [-0.3, -0.25) is 0 Å². The van der Waals surface area contributed by atoms with E-state index < -0.39 is 5.97 Å². The van der Waals surface area contributed by atoms with Gasteiger partial charge in [-0.2, -0.15) is 0 Å². The fraction of sp³-hybridized carbons (Fsp3) is 0.727. The van der Waals surface area contributed by atoms with Gasteiger partial charge >= 0.3 is 5.97 Å². The van der Waals surface area contributed by atoms with E-state index in [2.05, 4.69) is 13.8 Å². The third-order valence-electron chi connectivity index (χ3n) is 2.28. The molecule has 82 valence electrons. The van der Waals surface area contributed by atoms with Gasteiger partial charge in [-0.25, -0.2) is 4.79 Å². The summed E-state index contributed by atoms with van der Waals surface area (Å²) < 4.78 is 5.45. The normalized spacial score (nSPS) is 14.5. The molecule has 0 aromatic heterocycles. The molecule has 0 amide bonds. The van der Waals surface area contributed by atoms with Crippen molar-refractivity contribution in [3.8, 4) is 0 Å². The molecule has 3 nitrogen and oxygen atoms in total. The predicted molar refractivity (Wildman–Crippen MR) is 56.3 cm³/mol. The number of rotatable bonds is 6. The smallest absolute Gasteiger partial charge is 0.331 e. The Morgan fingerprint density at radius 2 is 2.00 bits per heavy atom. The van der Waals surface area contributed by atoms with Crippen molar-refractivity contribution in [2.24, 2.45) is 5.92 Å². The first-order valence-electron chi connectivity index (χ1n) is 5.03. The van der Waals surface area contributed by atoms with Gasteiger partial charge in [0.1, 0.15) is 0 Å². The van der Waals surface area contributed by atoms with Gasteiger partial charge in [0, 0.05) is 5.57 Å². The highest BCUT2D eigenvalue weighted by Crippen LogP contribution is 2.06. The summed E-state index contributed by atoms with van der Waals surface area (Å²) >= 11 is 0. The van der Waals surface area contributed by atoms with E-state index >= 15 is 0 Å². The predicted octanol–water partition coefficient (Wildman–Crippen LogP) is 2.47. The lowest BCUT2D eigenvalue weighted by Crippen LogP contribution is -2.15. The molecule has 0 aliphatic heterocycles. The summed E-state index contributed by atoms with van der Waals surface area (Å²) in [5, 5.41) is 8.72. The Balaban J connectivity index is 3.96. The average Bonchev–Trinajstić information content (AvgIpc) is 2.11. The number of carboxylic acids is 1. The van der Waals surface area contributed by atoms with Gasteiger partial charge in [0.2, 0.25) is 0 Å². The summed E-state index contributed by atoms with van der Waals surface area (Å²) in [5.74, 6) is -0.397. The Kier molecular flexibility index (Phi) is 6.21. The second-order valence-corrected chi connectivity index (χ2v) is 3.67. The number of carbonyl (C=O) groups is 1. The van der Waals surface area contributed by atoms with Crippen molar-refractivity contribution >= 4 is 5.97 Å². The van der Waals surface area contributed by atoms with Crippen molar-refractivity contribution in [3.05, 3.63) is 11.6 Å². The third-order valence-corrected chi connectivity index (χ3v) is 2.28. The van der Waals surface area contributed by atoms with Gasteiger partial charge < -0.3 is 9.84 Å². The molecule has 0 saturated carbocycles. The second kappa shape index (κ2) is 6.60. The minimum absolute atomic E-state index is 0.165. The van der Waals surface area contributed by atoms with Crippen LogP contribution in [-0.2, 0) is 9.53 Å². The molecule has 1 N–H and O–H groups in total. The largest absolute Gasteiger partial charge is 0.478 e. The topological polar surface area (TPSA) is 46.5 Å². The van der Waals surface area contributed by atoms with Crippen LogP contribution in [0.5, 0.6) is 0 Å². The highest BCUT2D eigenvalue weighted by molar-refractivity contribution is 5.86. The molecule has 0 rings (SSSR count). The molecule has 0 radical (unpaired) electrons. The van der Waals surface area contributed by atoms with Crippen LogP contribution in [-0.4, -0.2) is 23.8 Å².